The molecule has 6 heteroatoms. The number of carbonyl (C=O) groups is 1. The largest absolute Gasteiger partial charge is 0.350 e. The van der Waals surface area contributed by atoms with Crippen LogP contribution < -0.4 is 5.32 Å². The van der Waals surface area contributed by atoms with Crippen LogP contribution in [-0.2, 0) is 0 Å². The second-order valence-electron chi connectivity index (χ2n) is 5.42. The van der Waals surface area contributed by atoms with E-state index >= 15 is 0 Å². The molecule has 1 atom stereocenters. The van der Waals surface area contributed by atoms with E-state index in [1.807, 2.05) is 13.8 Å². The SMILES string of the molecule is Cc1n[nH]c(C)c1C(=O)NCC1CN(C)CCN1C. The number of amides is 1. The third-order valence-corrected chi connectivity index (χ3v) is 3.83. The Labute approximate surface area is 114 Å². The van der Waals surface area contributed by atoms with E-state index in [0.29, 0.717) is 18.2 Å². The second-order valence-corrected chi connectivity index (χ2v) is 5.42. The number of rotatable bonds is 3. The van der Waals surface area contributed by atoms with Crippen molar-refractivity contribution in [2.75, 3.05) is 40.3 Å². The summed E-state index contributed by atoms with van der Waals surface area (Å²) in [7, 11) is 4.23. The van der Waals surface area contributed by atoms with Crippen LogP contribution in [0, 0.1) is 13.8 Å². The van der Waals surface area contributed by atoms with Crippen molar-refractivity contribution < 1.29 is 4.79 Å². The number of aromatic nitrogens is 2. The minimum atomic E-state index is -0.0367. The van der Waals surface area contributed by atoms with Crippen LogP contribution in [0.5, 0.6) is 0 Å². The number of piperazine rings is 1. The Balaban J connectivity index is 1.93. The minimum Gasteiger partial charge on any atom is -0.350 e. The molecule has 0 spiro atoms. The lowest BCUT2D eigenvalue weighted by atomic mass is 10.1. The van der Waals surface area contributed by atoms with Crippen molar-refractivity contribution in [2.24, 2.45) is 0 Å². The fourth-order valence-electron chi connectivity index (χ4n) is 2.51. The molecule has 0 radical (unpaired) electrons. The van der Waals surface area contributed by atoms with Gasteiger partial charge in [-0.3, -0.25) is 14.8 Å². The third kappa shape index (κ3) is 3.13. The molecule has 1 aromatic rings. The van der Waals surface area contributed by atoms with Gasteiger partial charge in [0.05, 0.1) is 11.3 Å². The molecule has 106 valence electrons. The fourth-order valence-corrected chi connectivity index (χ4v) is 2.51. The Morgan fingerprint density at radius 2 is 2.16 bits per heavy atom. The first kappa shape index (κ1) is 14.0. The summed E-state index contributed by atoms with van der Waals surface area (Å²) in [6.45, 7) is 7.50. The molecule has 1 unspecified atom stereocenters. The van der Waals surface area contributed by atoms with Crippen molar-refractivity contribution in [1.82, 2.24) is 25.3 Å². The lowest BCUT2D eigenvalue weighted by Gasteiger charge is -2.37. The number of likely N-dealkylation sites (N-methyl/N-ethyl adjacent to an activating group) is 2. The summed E-state index contributed by atoms with van der Waals surface area (Å²) in [6, 6.07) is 0.371. The highest BCUT2D eigenvalue weighted by Gasteiger charge is 2.23. The van der Waals surface area contributed by atoms with Crippen molar-refractivity contribution in [3.63, 3.8) is 0 Å². The first-order valence-corrected chi connectivity index (χ1v) is 6.67. The number of nitrogens with one attached hydrogen (secondary N) is 2. The molecule has 1 aliphatic heterocycles. The van der Waals surface area contributed by atoms with Gasteiger partial charge in [0, 0.05) is 37.9 Å². The van der Waals surface area contributed by atoms with Gasteiger partial charge in [0.15, 0.2) is 0 Å². The number of carbonyl (C=O) groups excluding carboxylic acids is 1. The van der Waals surface area contributed by atoms with Crippen molar-refractivity contribution in [1.29, 1.82) is 0 Å². The average molecular weight is 265 g/mol. The molecule has 1 fully saturated rings. The normalized spacial score (nSPS) is 21.6. The number of aryl methyl sites for hydroxylation is 2. The van der Waals surface area contributed by atoms with Crippen LogP contribution in [0.15, 0.2) is 0 Å². The zero-order valence-electron chi connectivity index (χ0n) is 12.2. The van der Waals surface area contributed by atoms with Gasteiger partial charge < -0.3 is 10.2 Å². The minimum absolute atomic E-state index is 0.0367. The number of hydrogen-bond acceptors (Lipinski definition) is 4. The number of aromatic amines is 1. The zero-order chi connectivity index (χ0) is 14.0. The molecule has 0 aromatic carbocycles. The van der Waals surface area contributed by atoms with Gasteiger partial charge in [0.1, 0.15) is 0 Å². The van der Waals surface area contributed by atoms with E-state index in [4.69, 9.17) is 0 Å². The van der Waals surface area contributed by atoms with E-state index in [9.17, 15) is 4.79 Å². The lowest BCUT2D eigenvalue weighted by molar-refractivity contribution is 0.0880. The standard InChI is InChI=1S/C13H23N5O/c1-9-12(10(2)16-15-9)13(19)14-7-11-8-17(3)5-6-18(11)4/h11H,5-8H2,1-4H3,(H,14,19)(H,15,16). The number of hydrogen-bond donors (Lipinski definition) is 2. The van der Waals surface area contributed by atoms with Gasteiger partial charge >= 0.3 is 0 Å². The molecule has 2 heterocycles. The Hall–Kier alpha value is -1.40. The summed E-state index contributed by atoms with van der Waals surface area (Å²) in [5, 5.41) is 9.92. The van der Waals surface area contributed by atoms with Crippen LogP contribution in [0.25, 0.3) is 0 Å². The zero-order valence-corrected chi connectivity index (χ0v) is 12.2. The monoisotopic (exact) mass is 265 g/mol. The molecule has 1 aliphatic rings. The molecule has 2 rings (SSSR count). The molecule has 1 amide bonds. The molecule has 0 bridgehead atoms. The van der Waals surface area contributed by atoms with E-state index in [2.05, 4.69) is 39.4 Å². The lowest BCUT2D eigenvalue weighted by Crippen LogP contribution is -2.54. The summed E-state index contributed by atoms with van der Waals surface area (Å²) in [4.78, 5) is 16.8. The molecule has 1 aromatic heterocycles. The first-order valence-electron chi connectivity index (χ1n) is 6.67. The third-order valence-electron chi connectivity index (χ3n) is 3.83. The highest BCUT2D eigenvalue weighted by atomic mass is 16.1. The van der Waals surface area contributed by atoms with Crippen molar-refractivity contribution in [2.45, 2.75) is 19.9 Å². The maximum Gasteiger partial charge on any atom is 0.255 e. The van der Waals surface area contributed by atoms with Gasteiger partial charge in [-0.2, -0.15) is 5.10 Å². The van der Waals surface area contributed by atoms with Crippen LogP contribution in [-0.4, -0.2) is 72.2 Å². The van der Waals surface area contributed by atoms with E-state index in [-0.39, 0.29) is 5.91 Å². The van der Waals surface area contributed by atoms with Gasteiger partial charge in [0.2, 0.25) is 0 Å². The summed E-state index contributed by atoms with van der Waals surface area (Å²) in [5.41, 5.74) is 2.25. The van der Waals surface area contributed by atoms with Crippen molar-refractivity contribution >= 4 is 5.91 Å². The Bertz CT molecular complexity index is 436. The van der Waals surface area contributed by atoms with Crippen LogP contribution in [0.3, 0.4) is 0 Å². The van der Waals surface area contributed by atoms with E-state index in [1.165, 1.54) is 0 Å². The molecule has 0 saturated carbocycles. The van der Waals surface area contributed by atoms with Crippen LogP contribution in [0.2, 0.25) is 0 Å². The second kappa shape index (κ2) is 5.71. The van der Waals surface area contributed by atoms with E-state index < -0.39 is 0 Å². The molecule has 1 saturated heterocycles. The molecular weight excluding hydrogens is 242 g/mol. The van der Waals surface area contributed by atoms with Gasteiger partial charge in [0.25, 0.3) is 5.91 Å². The predicted molar refractivity (Wildman–Crippen MR) is 74.3 cm³/mol. The maximum absolute atomic E-state index is 12.2. The number of nitrogens with zero attached hydrogens (tertiary/aromatic N) is 3. The highest BCUT2D eigenvalue weighted by molar-refractivity contribution is 5.96. The quantitative estimate of drug-likeness (QED) is 0.807. The predicted octanol–water partition coefficient (Wildman–Crippen LogP) is 0.00214. The summed E-state index contributed by atoms with van der Waals surface area (Å²) < 4.78 is 0. The Morgan fingerprint density at radius 3 is 2.79 bits per heavy atom. The van der Waals surface area contributed by atoms with Crippen LogP contribution in [0.1, 0.15) is 21.7 Å². The smallest absolute Gasteiger partial charge is 0.255 e. The topological polar surface area (TPSA) is 64.3 Å². The van der Waals surface area contributed by atoms with E-state index in [0.717, 1.165) is 31.0 Å². The van der Waals surface area contributed by atoms with Gasteiger partial charge in [-0.1, -0.05) is 0 Å². The number of H-pyrrole nitrogens is 1. The maximum atomic E-state index is 12.2. The molecule has 6 nitrogen and oxygen atoms in total. The molecule has 19 heavy (non-hydrogen) atoms. The molecular formula is C13H23N5O. The Kier molecular flexibility index (Phi) is 4.21. The average Bonchev–Trinajstić information content (AvgIpc) is 2.70. The van der Waals surface area contributed by atoms with E-state index in [1.54, 1.807) is 0 Å². The van der Waals surface area contributed by atoms with Crippen molar-refractivity contribution in [3.05, 3.63) is 17.0 Å². The van der Waals surface area contributed by atoms with Gasteiger partial charge in [-0.25, -0.2) is 0 Å². The van der Waals surface area contributed by atoms with Crippen LogP contribution in [0.4, 0.5) is 0 Å². The summed E-state index contributed by atoms with van der Waals surface area (Å²) in [6.07, 6.45) is 0. The van der Waals surface area contributed by atoms with Gasteiger partial charge in [-0.15, -0.1) is 0 Å². The van der Waals surface area contributed by atoms with Gasteiger partial charge in [-0.05, 0) is 27.9 Å². The fraction of sp³-hybridized carbons (Fsp3) is 0.692. The van der Waals surface area contributed by atoms with Crippen molar-refractivity contribution in [3.8, 4) is 0 Å². The summed E-state index contributed by atoms with van der Waals surface area (Å²) >= 11 is 0. The first-order chi connectivity index (χ1) is 8.99. The molecule has 0 aliphatic carbocycles. The Morgan fingerprint density at radius 1 is 1.42 bits per heavy atom. The molecule has 2 N–H and O–H groups in total. The summed E-state index contributed by atoms with van der Waals surface area (Å²) in [5.74, 6) is -0.0367. The highest BCUT2D eigenvalue weighted by Crippen LogP contribution is 2.09. The van der Waals surface area contributed by atoms with Crippen LogP contribution >= 0.6 is 0 Å².